The topological polar surface area (TPSA) is 96.9 Å². The van der Waals surface area contributed by atoms with Gasteiger partial charge in [0.15, 0.2) is 17.3 Å². The van der Waals surface area contributed by atoms with Crippen LogP contribution in [0.1, 0.15) is 19.5 Å². The maximum Gasteiger partial charge on any atom is 0.192 e. The standard InChI is InChI=1S/C11H17N5O2/c1-11(2)7-18-6-5-16(11)10-8(9(12)15-17)13-3-4-14-10/h3-4,17H,5-7H2,1-2H3,(H2,12,15). The molecule has 1 aliphatic heterocycles. The number of nitrogens with two attached hydrogens (primary N) is 1. The second kappa shape index (κ2) is 4.77. The summed E-state index contributed by atoms with van der Waals surface area (Å²) in [6, 6.07) is 0. The fourth-order valence-electron chi connectivity index (χ4n) is 2.01. The van der Waals surface area contributed by atoms with E-state index in [-0.39, 0.29) is 11.4 Å². The van der Waals surface area contributed by atoms with Crippen molar-refractivity contribution < 1.29 is 9.94 Å². The molecule has 0 radical (unpaired) electrons. The highest BCUT2D eigenvalue weighted by atomic mass is 16.5. The van der Waals surface area contributed by atoms with Crippen molar-refractivity contribution in [2.75, 3.05) is 24.7 Å². The molecule has 1 aliphatic rings. The van der Waals surface area contributed by atoms with E-state index < -0.39 is 0 Å². The van der Waals surface area contributed by atoms with E-state index in [2.05, 4.69) is 33.9 Å². The van der Waals surface area contributed by atoms with E-state index in [1.807, 2.05) is 0 Å². The molecule has 1 aromatic heterocycles. The minimum Gasteiger partial charge on any atom is -0.409 e. The van der Waals surface area contributed by atoms with Crippen molar-refractivity contribution in [1.82, 2.24) is 9.97 Å². The van der Waals surface area contributed by atoms with Gasteiger partial charge in [0, 0.05) is 18.9 Å². The highest BCUT2D eigenvalue weighted by molar-refractivity contribution is 5.99. The Morgan fingerprint density at radius 2 is 2.22 bits per heavy atom. The summed E-state index contributed by atoms with van der Waals surface area (Å²) in [5, 5.41) is 11.8. The van der Waals surface area contributed by atoms with Crippen molar-refractivity contribution in [3.8, 4) is 0 Å². The lowest BCUT2D eigenvalue weighted by molar-refractivity contribution is 0.0638. The first kappa shape index (κ1) is 12.6. The molecule has 1 aromatic rings. The summed E-state index contributed by atoms with van der Waals surface area (Å²) in [4.78, 5) is 10.5. The highest BCUT2D eigenvalue weighted by Crippen LogP contribution is 2.26. The number of ether oxygens (including phenoxy) is 1. The number of hydrogen-bond donors (Lipinski definition) is 2. The molecule has 0 bridgehead atoms. The van der Waals surface area contributed by atoms with E-state index >= 15 is 0 Å². The molecule has 0 aromatic carbocycles. The molecular formula is C11H17N5O2. The third kappa shape index (κ3) is 2.21. The first-order chi connectivity index (χ1) is 8.56. The zero-order valence-corrected chi connectivity index (χ0v) is 10.5. The van der Waals surface area contributed by atoms with Crippen LogP contribution in [0, 0.1) is 0 Å². The normalized spacial score (nSPS) is 19.9. The second-order valence-electron chi connectivity index (χ2n) is 4.73. The highest BCUT2D eigenvalue weighted by Gasteiger charge is 2.33. The zero-order valence-electron chi connectivity index (χ0n) is 10.5. The van der Waals surface area contributed by atoms with Gasteiger partial charge in [-0.25, -0.2) is 9.97 Å². The van der Waals surface area contributed by atoms with Crippen LogP contribution >= 0.6 is 0 Å². The van der Waals surface area contributed by atoms with Gasteiger partial charge in [0.05, 0.1) is 18.8 Å². The largest absolute Gasteiger partial charge is 0.409 e. The average molecular weight is 251 g/mol. The van der Waals surface area contributed by atoms with Crippen molar-refractivity contribution >= 4 is 11.7 Å². The van der Waals surface area contributed by atoms with Crippen molar-refractivity contribution in [2.45, 2.75) is 19.4 Å². The van der Waals surface area contributed by atoms with Crippen LogP contribution < -0.4 is 10.6 Å². The Balaban J connectivity index is 2.44. The van der Waals surface area contributed by atoms with Gasteiger partial charge in [-0.05, 0) is 13.8 Å². The molecule has 0 atom stereocenters. The summed E-state index contributed by atoms with van der Waals surface area (Å²) >= 11 is 0. The van der Waals surface area contributed by atoms with Crippen molar-refractivity contribution in [3.63, 3.8) is 0 Å². The smallest absolute Gasteiger partial charge is 0.192 e. The van der Waals surface area contributed by atoms with E-state index in [0.717, 1.165) is 0 Å². The quantitative estimate of drug-likeness (QED) is 0.337. The molecule has 1 fully saturated rings. The maximum absolute atomic E-state index is 8.79. The molecule has 0 saturated carbocycles. The van der Waals surface area contributed by atoms with Gasteiger partial charge in [0.25, 0.3) is 0 Å². The number of hydrogen-bond acceptors (Lipinski definition) is 6. The summed E-state index contributed by atoms with van der Waals surface area (Å²) in [6.45, 7) is 6.01. The van der Waals surface area contributed by atoms with Crippen molar-refractivity contribution in [1.29, 1.82) is 0 Å². The molecule has 2 rings (SSSR count). The molecule has 0 aliphatic carbocycles. The molecule has 7 nitrogen and oxygen atoms in total. The number of oxime groups is 1. The summed E-state index contributed by atoms with van der Waals surface area (Å²) in [5.41, 5.74) is 5.80. The van der Waals surface area contributed by atoms with Crippen molar-refractivity contribution in [3.05, 3.63) is 18.1 Å². The lowest BCUT2D eigenvalue weighted by atomic mass is 10.0. The van der Waals surface area contributed by atoms with Gasteiger partial charge in [-0.3, -0.25) is 0 Å². The molecule has 0 spiro atoms. The second-order valence-corrected chi connectivity index (χ2v) is 4.73. The predicted octanol–water partition coefficient (Wildman–Crippen LogP) is 0.186. The minimum absolute atomic E-state index is 0.0413. The molecule has 0 amide bonds. The average Bonchev–Trinajstić information content (AvgIpc) is 2.37. The third-order valence-electron chi connectivity index (χ3n) is 2.93. The number of aromatic nitrogens is 2. The van der Waals surface area contributed by atoms with E-state index in [0.29, 0.717) is 31.3 Å². The van der Waals surface area contributed by atoms with E-state index in [4.69, 9.17) is 15.7 Å². The molecule has 98 valence electrons. The molecule has 0 unspecified atom stereocenters. The number of anilines is 1. The fourth-order valence-corrected chi connectivity index (χ4v) is 2.01. The Labute approximate surface area is 105 Å². The molecule has 2 heterocycles. The van der Waals surface area contributed by atoms with Gasteiger partial charge in [0.1, 0.15) is 0 Å². The van der Waals surface area contributed by atoms with Crippen LogP contribution in [0.3, 0.4) is 0 Å². The van der Waals surface area contributed by atoms with Crippen LogP contribution in [0.4, 0.5) is 5.82 Å². The lowest BCUT2D eigenvalue weighted by Crippen LogP contribution is -2.54. The molecule has 18 heavy (non-hydrogen) atoms. The van der Waals surface area contributed by atoms with E-state index in [1.165, 1.54) is 6.20 Å². The zero-order chi connectivity index (χ0) is 13.2. The summed E-state index contributed by atoms with van der Waals surface area (Å²) < 4.78 is 5.46. The van der Waals surface area contributed by atoms with Gasteiger partial charge in [-0.15, -0.1) is 0 Å². The Kier molecular flexibility index (Phi) is 3.33. The van der Waals surface area contributed by atoms with Gasteiger partial charge >= 0.3 is 0 Å². The fraction of sp³-hybridized carbons (Fsp3) is 0.545. The van der Waals surface area contributed by atoms with Crippen LogP contribution in [0.15, 0.2) is 17.5 Å². The number of rotatable bonds is 2. The maximum atomic E-state index is 8.79. The third-order valence-corrected chi connectivity index (χ3v) is 2.93. The number of morpholine rings is 1. The van der Waals surface area contributed by atoms with Gasteiger partial charge in [-0.1, -0.05) is 5.16 Å². The van der Waals surface area contributed by atoms with E-state index in [9.17, 15) is 0 Å². The number of amidine groups is 1. The Morgan fingerprint density at radius 1 is 1.50 bits per heavy atom. The van der Waals surface area contributed by atoms with Crippen LogP contribution in [0.5, 0.6) is 0 Å². The Morgan fingerprint density at radius 3 is 2.89 bits per heavy atom. The first-order valence-corrected chi connectivity index (χ1v) is 5.70. The molecular weight excluding hydrogens is 234 g/mol. The minimum atomic E-state index is -0.210. The number of nitrogens with zero attached hydrogens (tertiary/aromatic N) is 4. The Hall–Kier alpha value is -1.89. The molecule has 1 saturated heterocycles. The van der Waals surface area contributed by atoms with Gasteiger partial charge in [-0.2, -0.15) is 0 Å². The van der Waals surface area contributed by atoms with Crippen LogP contribution in [0.25, 0.3) is 0 Å². The predicted molar refractivity (Wildman–Crippen MR) is 66.8 cm³/mol. The molecule has 7 heteroatoms. The molecule has 3 N–H and O–H groups in total. The summed E-state index contributed by atoms with van der Waals surface area (Å²) in [7, 11) is 0. The van der Waals surface area contributed by atoms with Crippen molar-refractivity contribution in [2.24, 2.45) is 10.9 Å². The lowest BCUT2D eigenvalue weighted by Gasteiger charge is -2.43. The summed E-state index contributed by atoms with van der Waals surface area (Å²) in [5.74, 6) is 0.571. The van der Waals surface area contributed by atoms with Crippen LogP contribution in [-0.2, 0) is 4.74 Å². The monoisotopic (exact) mass is 251 g/mol. The van der Waals surface area contributed by atoms with Gasteiger partial charge in [0.2, 0.25) is 0 Å². The Bertz CT molecular complexity index is 461. The summed E-state index contributed by atoms with van der Waals surface area (Å²) in [6.07, 6.45) is 3.11. The SMILES string of the molecule is CC1(C)COCCN1c1nccnc1/C(N)=N/O. The first-order valence-electron chi connectivity index (χ1n) is 5.70. The van der Waals surface area contributed by atoms with Crippen LogP contribution in [-0.4, -0.2) is 46.3 Å². The van der Waals surface area contributed by atoms with E-state index in [1.54, 1.807) is 6.20 Å². The van der Waals surface area contributed by atoms with Gasteiger partial charge < -0.3 is 20.6 Å². The van der Waals surface area contributed by atoms with Crippen LogP contribution in [0.2, 0.25) is 0 Å².